The van der Waals surface area contributed by atoms with Crippen molar-refractivity contribution in [1.82, 2.24) is 0 Å². The van der Waals surface area contributed by atoms with Gasteiger partial charge in [0.1, 0.15) is 12.4 Å². The van der Waals surface area contributed by atoms with E-state index in [0.717, 1.165) is 18.2 Å². The minimum absolute atomic E-state index is 0.0428. The molecule has 9 heteroatoms. The molecule has 0 radical (unpaired) electrons. The van der Waals surface area contributed by atoms with Crippen LogP contribution in [0.25, 0.3) is 0 Å². The van der Waals surface area contributed by atoms with E-state index in [0.29, 0.717) is 5.56 Å². The predicted octanol–water partition coefficient (Wildman–Crippen LogP) is 3.74. The second-order valence-electron chi connectivity index (χ2n) is 4.65. The third-order valence-electron chi connectivity index (χ3n) is 2.90. The lowest BCUT2D eigenvalue weighted by molar-refractivity contribution is -0.137. The van der Waals surface area contributed by atoms with Gasteiger partial charge in [-0.3, -0.25) is 4.57 Å². The zero-order valence-electron chi connectivity index (χ0n) is 11.4. The molecule has 0 heterocycles. The van der Waals surface area contributed by atoms with Crippen molar-refractivity contribution in [1.29, 1.82) is 0 Å². The Labute approximate surface area is 134 Å². The van der Waals surface area contributed by atoms with Gasteiger partial charge in [-0.2, -0.15) is 13.2 Å². The molecule has 0 aliphatic heterocycles. The summed E-state index contributed by atoms with van der Waals surface area (Å²) >= 11 is 5.76. The van der Waals surface area contributed by atoms with Crippen molar-refractivity contribution in [3.05, 3.63) is 58.6 Å². The molecule has 0 aliphatic carbocycles. The van der Waals surface area contributed by atoms with Crippen LogP contribution in [0.4, 0.5) is 13.2 Å². The highest BCUT2D eigenvalue weighted by atomic mass is 35.5. The Kier molecular flexibility index (Phi) is 5.06. The van der Waals surface area contributed by atoms with Crippen molar-refractivity contribution in [2.45, 2.75) is 12.8 Å². The van der Waals surface area contributed by atoms with Crippen molar-refractivity contribution in [2.75, 3.05) is 0 Å². The third kappa shape index (κ3) is 4.72. The molecule has 4 nitrogen and oxygen atoms in total. The van der Waals surface area contributed by atoms with Gasteiger partial charge in [0.2, 0.25) is 0 Å². The van der Waals surface area contributed by atoms with Crippen LogP contribution in [-0.4, -0.2) is 9.79 Å². The molecule has 0 saturated carbocycles. The number of hydrogen-bond donors (Lipinski definition) is 2. The second kappa shape index (κ2) is 6.53. The van der Waals surface area contributed by atoms with Crippen molar-refractivity contribution >= 4 is 24.5 Å². The van der Waals surface area contributed by atoms with Crippen molar-refractivity contribution in [3.63, 3.8) is 0 Å². The Morgan fingerprint density at radius 1 is 1.13 bits per heavy atom. The molecule has 0 spiro atoms. The maximum Gasteiger partial charge on any atom is 0.416 e. The van der Waals surface area contributed by atoms with Gasteiger partial charge in [-0.05, 0) is 35.9 Å². The highest BCUT2D eigenvalue weighted by Gasteiger charge is 2.31. The lowest BCUT2D eigenvalue weighted by atomic mass is 10.2. The summed E-state index contributed by atoms with van der Waals surface area (Å²) in [5.41, 5.74) is -0.444. The Balaban J connectivity index is 2.14. The summed E-state index contributed by atoms with van der Waals surface area (Å²) in [5.74, 6) is 0.0428. The first-order chi connectivity index (χ1) is 10.6. The number of hydrogen-bond acceptors (Lipinski definition) is 2. The van der Waals surface area contributed by atoms with Gasteiger partial charge < -0.3 is 14.5 Å². The summed E-state index contributed by atoms with van der Waals surface area (Å²) in [4.78, 5) is 18.2. The first kappa shape index (κ1) is 17.8. The van der Waals surface area contributed by atoms with Gasteiger partial charge in [-0.15, -0.1) is 0 Å². The number of ether oxygens (including phenoxy) is 1. The van der Waals surface area contributed by atoms with Crippen molar-refractivity contribution < 1.29 is 32.3 Å². The van der Waals surface area contributed by atoms with E-state index in [1.165, 1.54) is 18.2 Å². The Bertz CT molecular complexity index is 758. The van der Waals surface area contributed by atoms with Crippen LogP contribution in [0.15, 0.2) is 42.5 Å². The number of rotatable bonds is 4. The second-order valence-corrected chi connectivity index (χ2v) is 6.66. The van der Waals surface area contributed by atoms with Crippen LogP contribution in [0.2, 0.25) is 5.02 Å². The van der Waals surface area contributed by atoms with Gasteiger partial charge >= 0.3 is 13.8 Å². The number of alkyl halides is 3. The SMILES string of the molecule is O=P(O)(O)c1cccc(COc2ccc(C(F)(F)F)cc2Cl)c1. The van der Waals surface area contributed by atoms with Gasteiger partial charge in [-0.25, -0.2) is 0 Å². The molecule has 2 rings (SSSR count). The van der Waals surface area contributed by atoms with Crippen LogP contribution in [0.3, 0.4) is 0 Å². The zero-order valence-corrected chi connectivity index (χ0v) is 13.1. The Morgan fingerprint density at radius 3 is 2.39 bits per heavy atom. The first-order valence-electron chi connectivity index (χ1n) is 6.22. The van der Waals surface area contributed by atoms with Crippen molar-refractivity contribution in [2.24, 2.45) is 0 Å². The van der Waals surface area contributed by atoms with E-state index in [-0.39, 0.29) is 22.7 Å². The highest BCUT2D eigenvalue weighted by Crippen LogP contribution is 2.35. The van der Waals surface area contributed by atoms with E-state index in [1.54, 1.807) is 6.07 Å². The monoisotopic (exact) mass is 366 g/mol. The first-order valence-corrected chi connectivity index (χ1v) is 8.21. The lowest BCUT2D eigenvalue weighted by Crippen LogP contribution is -2.07. The van der Waals surface area contributed by atoms with Crippen LogP contribution in [0.1, 0.15) is 11.1 Å². The lowest BCUT2D eigenvalue weighted by Gasteiger charge is -2.12. The molecule has 2 N–H and O–H groups in total. The fourth-order valence-corrected chi connectivity index (χ4v) is 2.63. The van der Waals surface area contributed by atoms with Crippen LogP contribution < -0.4 is 10.0 Å². The molecule has 0 atom stereocenters. The van der Waals surface area contributed by atoms with E-state index in [4.69, 9.17) is 26.1 Å². The van der Waals surface area contributed by atoms with E-state index in [2.05, 4.69) is 0 Å². The zero-order chi connectivity index (χ0) is 17.3. The van der Waals surface area contributed by atoms with E-state index >= 15 is 0 Å². The van der Waals surface area contributed by atoms with Gasteiger partial charge in [0, 0.05) is 0 Å². The molecule has 2 aromatic rings. The van der Waals surface area contributed by atoms with Gasteiger partial charge in [0.15, 0.2) is 0 Å². The van der Waals surface area contributed by atoms with E-state index in [9.17, 15) is 17.7 Å². The summed E-state index contributed by atoms with van der Waals surface area (Å²) < 4.78 is 54.1. The van der Waals surface area contributed by atoms with Gasteiger partial charge in [-0.1, -0.05) is 23.7 Å². The summed E-state index contributed by atoms with van der Waals surface area (Å²) in [6, 6.07) is 8.24. The standard InChI is InChI=1S/C14H11ClF3O4P/c15-12-7-10(14(16,17)18)4-5-13(12)22-8-9-2-1-3-11(6-9)23(19,20)21/h1-7H,8H2,(H2,19,20,21). The molecule has 23 heavy (non-hydrogen) atoms. The van der Waals surface area contributed by atoms with Gasteiger partial charge in [0.25, 0.3) is 0 Å². The Morgan fingerprint density at radius 2 is 1.83 bits per heavy atom. The van der Waals surface area contributed by atoms with Gasteiger partial charge in [0.05, 0.1) is 15.9 Å². The smallest absolute Gasteiger partial charge is 0.416 e. The van der Waals surface area contributed by atoms with Crippen LogP contribution in [-0.2, 0) is 17.3 Å². The molecular formula is C14H11ClF3O4P. The number of halogens is 4. The molecular weight excluding hydrogens is 356 g/mol. The van der Waals surface area contributed by atoms with Crippen LogP contribution in [0.5, 0.6) is 5.75 Å². The normalized spacial score (nSPS) is 12.3. The molecule has 0 amide bonds. The molecule has 0 saturated heterocycles. The molecule has 2 aromatic carbocycles. The molecule has 0 aromatic heterocycles. The van der Waals surface area contributed by atoms with Crippen molar-refractivity contribution in [3.8, 4) is 5.75 Å². The predicted molar refractivity (Wildman–Crippen MR) is 78.9 cm³/mol. The molecule has 0 aliphatic rings. The average Bonchev–Trinajstić information content (AvgIpc) is 2.44. The summed E-state index contributed by atoms with van der Waals surface area (Å²) in [7, 11) is -4.38. The van der Waals surface area contributed by atoms with Crippen LogP contribution >= 0.6 is 19.2 Å². The summed E-state index contributed by atoms with van der Waals surface area (Å²) in [6.45, 7) is -0.0983. The fraction of sp³-hybridized carbons (Fsp3) is 0.143. The minimum Gasteiger partial charge on any atom is -0.487 e. The van der Waals surface area contributed by atoms with E-state index < -0.39 is 19.3 Å². The minimum atomic E-state index is -4.50. The molecule has 0 bridgehead atoms. The largest absolute Gasteiger partial charge is 0.487 e. The summed E-state index contributed by atoms with van der Waals surface area (Å²) in [6.07, 6.45) is -4.50. The number of benzene rings is 2. The highest BCUT2D eigenvalue weighted by molar-refractivity contribution is 7.60. The fourth-order valence-electron chi connectivity index (χ4n) is 1.78. The maximum absolute atomic E-state index is 12.5. The molecule has 0 unspecified atom stereocenters. The average molecular weight is 367 g/mol. The van der Waals surface area contributed by atoms with Crippen LogP contribution in [0, 0.1) is 0 Å². The summed E-state index contributed by atoms with van der Waals surface area (Å²) in [5, 5.41) is -0.372. The quantitative estimate of drug-likeness (QED) is 0.809. The Hall–Kier alpha value is -1.53. The molecule has 0 fully saturated rings. The third-order valence-corrected chi connectivity index (χ3v) is 4.15. The topological polar surface area (TPSA) is 66.8 Å². The molecule has 124 valence electrons. The maximum atomic E-state index is 12.5. The van der Waals surface area contributed by atoms with E-state index in [1.807, 2.05) is 0 Å².